The number of para-hydroxylation sites is 2. The zero-order chi connectivity index (χ0) is 80.7. The number of hydrogen-bond donors (Lipinski definition) is 3. The first-order valence-electron chi connectivity index (χ1n) is 33.1. The van der Waals surface area contributed by atoms with Crippen LogP contribution in [0, 0.1) is 20.8 Å². The molecule has 0 saturated heterocycles. The number of benzene rings is 12. The predicted molar refractivity (Wildman–Crippen MR) is 427 cm³/mol. The van der Waals surface area contributed by atoms with Gasteiger partial charge < -0.3 is 42.6 Å². The number of carbonyl (C=O) groups is 3. The second-order valence-corrected chi connectivity index (χ2v) is 27.7. The maximum Gasteiger partial charge on any atom is 0.261 e. The molecule has 0 heterocycles. The van der Waals surface area contributed by atoms with Gasteiger partial charge in [-0.15, -0.1) is 0 Å². The van der Waals surface area contributed by atoms with Crippen molar-refractivity contribution in [3.05, 3.63) is 353 Å². The Bertz CT molecular complexity index is 4800. The normalized spacial score (nSPS) is 10.2. The first-order valence-corrected chi connectivity index (χ1v) is 38.7. The number of aryl methyl sites for hydroxylation is 3. The molecule has 110 heavy (non-hydrogen) atoms. The molecule has 0 aliphatic heterocycles. The Labute approximate surface area is 643 Å². The zero-order valence-corrected chi connectivity index (χ0v) is 64.7. The van der Waals surface area contributed by atoms with Crippen LogP contribution in [-0.4, -0.2) is 111 Å². The summed E-state index contributed by atoms with van der Waals surface area (Å²) in [6, 6.07) is 93.3. The molecule has 0 atom stereocenters. The number of carbonyl (C=O) groups excluding carboxylic acids is 3. The highest BCUT2D eigenvalue weighted by Crippen LogP contribution is 2.30. The summed E-state index contributed by atoms with van der Waals surface area (Å²) in [6.07, 6.45) is 2.15. The molecule has 0 aliphatic rings. The average Bonchev–Trinajstić information content (AvgIpc) is 0.850. The van der Waals surface area contributed by atoms with Gasteiger partial charge in [-0.3, -0.25) is 28.0 Å². The molecule has 574 valence electrons. The Kier molecular flexibility index (Phi) is 36.3. The number of ketones is 3. The number of rotatable bonds is 19. The van der Waals surface area contributed by atoms with Crippen molar-refractivity contribution >= 4 is 47.7 Å². The third kappa shape index (κ3) is 36.2. The molecule has 12 rings (SSSR count). The highest BCUT2D eigenvalue weighted by atomic mass is 32.2. The van der Waals surface area contributed by atoms with Crippen LogP contribution in [0.4, 0.5) is 0 Å². The van der Waals surface area contributed by atoms with Gasteiger partial charge in [0.15, 0.2) is 17.3 Å². The summed E-state index contributed by atoms with van der Waals surface area (Å²) in [5, 5.41) is 0. The molecule has 12 aromatic rings. The van der Waals surface area contributed by atoms with Gasteiger partial charge >= 0.3 is 0 Å². The van der Waals surface area contributed by atoms with Gasteiger partial charge in [-0.05, 0) is 215 Å². The van der Waals surface area contributed by atoms with E-state index in [1.807, 2.05) is 251 Å². The van der Waals surface area contributed by atoms with Crippen LogP contribution in [0.15, 0.2) is 303 Å². The summed E-state index contributed by atoms with van der Waals surface area (Å²) < 4.78 is 126. The molecular weight excluding hydrogens is 1470 g/mol. The van der Waals surface area contributed by atoms with E-state index in [-0.39, 0.29) is 17.3 Å². The lowest BCUT2D eigenvalue weighted by atomic mass is 10.0. The van der Waals surface area contributed by atoms with Crippen LogP contribution in [0.1, 0.15) is 64.5 Å². The maximum absolute atomic E-state index is 12.6. The minimum atomic E-state index is -3.67. The van der Waals surface area contributed by atoms with Crippen molar-refractivity contribution in [1.82, 2.24) is 0 Å². The summed E-state index contributed by atoms with van der Waals surface area (Å²) in [6.45, 7) is 6.00. The fourth-order valence-electron chi connectivity index (χ4n) is 8.80. The van der Waals surface area contributed by atoms with E-state index in [9.17, 15) is 39.6 Å². The second kappa shape index (κ2) is 45.3. The lowest BCUT2D eigenvalue weighted by Gasteiger charge is -2.09. The summed E-state index contributed by atoms with van der Waals surface area (Å²) in [5.41, 5.74) is 7.49. The SMILES string of the molecule is COc1ccc(C(=O)c2ccc(C)cc2)cc1.COc1ccc(C(=O)c2ccc(C)cc2)cc1.COc1ccc(Oc2ccc(Oc3ccc(C(=O)c4ccc(C)cc4)cc3)cc2)cc1.COc1ccc(Oc2ccccc2)cc1.COc1ccc(Oc2ccccc2)cc1.CS(=O)(=O)O.CS(=O)(=O)O.CS(=O)(=O)O. The highest BCUT2D eigenvalue weighted by molar-refractivity contribution is 7.85. The topological polar surface area (TPSA) is 297 Å². The third-order valence-electron chi connectivity index (χ3n) is 14.2. The van der Waals surface area contributed by atoms with Crippen LogP contribution >= 0.6 is 0 Å². The van der Waals surface area contributed by atoms with Gasteiger partial charge in [0.05, 0.1) is 54.3 Å². The van der Waals surface area contributed by atoms with Gasteiger partial charge in [-0.2, -0.15) is 25.3 Å². The van der Waals surface area contributed by atoms with Crippen molar-refractivity contribution in [3.63, 3.8) is 0 Å². The van der Waals surface area contributed by atoms with E-state index < -0.39 is 30.4 Å². The van der Waals surface area contributed by atoms with Crippen molar-refractivity contribution < 1.29 is 95.9 Å². The molecule has 0 radical (unpaired) electrons. The molecule has 0 aromatic heterocycles. The van der Waals surface area contributed by atoms with E-state index >= 15 is 0 Å². The molecule has 0 saturated carbocycles. The highest BCUT2D eigenvalue weighted by Gasteiger charge is 2.12. The van der Waals surface area contributed by atoms with Gasteiger partial charge in [-0.25, -0.2) is 0 Å². The molecule has 12 aromatic carbocycles. The van der Waals surface area contributed by atoms with Crippen LogP contribution in [-0.2, 0) is 30.4 Å². The van der Waals surface area contributed by atoms with Crippen molar-refractivity contribution in [1.29, 1.82) is 0 Å². The quantitative estimate of drug-likeness (QED) is 0.0500. The summed E-state index contributed by atoms with van der Waals surface area (Å²) >= 11 is 0. The fourth-order valence-corrected chi connectivity index (χ4v) is 8.80. The average molecular weight is 1550 g/mol. The van der Waals surface area contributed by atoms with Crippen LogP contribution in [0.25, 0.3) is 0 Å². The van der Waals surface area contributed by atoms with E-state index in [2.05, 4.69) is 0 Å². The molecule has 0 aliphatic carbocycles. The lowest BCUT2D eigenvalue weighted by molar-refractivity contribution is 0.103. The first-order chi connectivity index (χ1) is 52.3. The van der Waals surface area contributed by atoms with Gasteiger partial charge in [-0.1, -0.05) is 126 Å². The van der Waals surface area contributed by atoms with Gasteiger partial charge in [0, 0.05) is 33.4 Å². The van der Waals surface area contributed by atoms with Crippen molar-refractivity contribution in [2.75, 3.05) is 54.3 Å². The minimum Gasteiger partial charge on any atom is -0.497 e. The van der Waals surface area contributed by atoms with Crippen molar-refractivity contribution in [2.24, 2.45) is 0 Å². The Morgan fingerprint density at radius 1 is 0.209 bits per heavy atom. The van der Waals surface area contributed by atoms with E-state index in [4.69, 9.17) is 56.3 Å². The maximum atomic E-state index is 12.6. The van der Waals surface area contributed by atoms with E-state index in [1.165, 1.54) is 0 Å². The molecule has 0 fully saturated rings. The number of methoxy groups -OCH3 is 5. The van der Waals surface area contributed by atoms with Gasteiger partial charge in [0.25, 0.3) is 30.4 Å². The monoisotopic (exact) mass is 1550 g/mol. The molecule has 21 nitrogen and oxygen atoms in total. The van der Waals surface area contributed by atoms with Crippen LogP contribution in [0.2, 0.25) is 0 Å². The molecule has 0 amide bonds. The van der Waals surface area contributed by atoms with E-state index in [0.717, 1.165) is 74.2 Å². The molecule has 0 spiro atoms. The van der Waals surface area contributed by atoms with Crippen LogP contribution in [0.3, 0.4) is 0 Å². The smallest absolute Gasteiger partial charge is 0.261 e. The molecule has 0 unspecified atom stereocenters. The Balaban J connectivity index is 0.000000241. The summed E-state index contributed by atoms with van der Waals surface area (Å²) in [5.74, 6) is 10.1. The van der Waals surface area contributed by atoms with Crippen LogP contribution < -0.4 is 42.6 Å². The van der Waals surface area contributed by atoms with Gasteiger partial charge in [0.2, 0.25) is 0 Å². The Morgan fingerprint density at radius 2 is 0.327 bits per heavy atom. The second-order valence-electron chi connectivity index (χ2n) is 23.3. The Hall–Kier alpha value is -12.4. The number of ether oxygens (including phenoxy) is 9. The zero-order valence-electron chi connectivity index (χ0n) is 62.3. The molecular formula is C86H86O21S3. The largest absolute Gasteiger partial charge is 0.497 e. The summed E-state index contributed by atoms with van der Waals surface area (Å²) in [7, 11) is -2.86. The summed E-state index contributed by atoms with van der Waals surface area (Å²) in [4.78, 5) is 36.8. The van der Waals surface area contributed by atoms with Crippen molar-refractivity contribution in [3.8, 4) is 74.7 Å². The molecule has 24 heteroatoms. The standard InChI is InChI=1S/C27H22O4.2C15H14O2.2C13H12O2.3CH4O3S/c1-19-3-5-20(6-4-19)27(28)21-7-9-23(10-8-21)30-25-15-17-26(18-16-25)31-24-13-11-22(29-2)12-14-24;2*1-11-3-5-12(6-4-11)15(16)13-7-9-14(17-2)10-8-13;2*1-14-11-7-9-13(10-8-11)15-12-5-3-2-4-6-12;3*1-5(2,3)4/h3-18H,1-2H3;2*3-10H,1-2H3;2*2-10H,1H3;3*1H3,(H,2,3,4). The van der Waals surface area contributed by atoms with E-state index in [1.54, 1.807) is 108 Å². The first kappa shape index (κ1) is 88.2. The molecule has 0 bridgehead atoms. The lowest BCUT2D eigenvalue weighted by Crippen LogP contribution is -2.00. The number of hydrogen-bond acceptors (Lipinski definition) is 18. The van der Waals surface area contributed by atoms with Crippen molar-refractivity contribution in [2.45, 2.75) is 20.8 Å². The minimum absolute atomic E-state index is 0.00779. The predicted octanol–water partition coefficient (Wildman–Crippen LogP) is 18.8. The molecule has 3 N–H and O–H groups in total. The third-order valence-corrected chi connectivity index (χ3v) is 14.2. The van der Waals surface area contributed by atoms with Gasteiger partial charge in [0.1, 0.15) is 74.7 Å². The Morgan fingerprint density at radius 3 is 0.482 bits per heavy atom. The van der Waals surface area contributed by atoms with Crippen LogP contribution in [0.5, 0.6) is 74.7 Å². The fraction of sp³-hybridized carbons (Fsp3) is 0.128. The van der Waals surface area contributed by atoms with E-state index in [0.29, 0.717) is 69.4 Å².